The van der Waals surface area contributed by atoms with Crippen LogP contribution in [0, 0.1) is 12.8 Å². The van der Waals surface area contributed by atoms with Crippen molar-refractivity contribution in [2.24, 2.45) is 11.7 Å². The van der Waals surface area contributed by atoms with Crippen LogP contribution in [0.2, 0.25) is 0 Å². The number of rotatable bonds is 4. The third-order valence-electron chi connectivity index (χ3n) is 5.81. The minimum Gasteiger partial charge on any atom is -0.422 e. The van der Waals surface area contributed by atoms with E-state index >= 15 is 0 Å². The molecule has 2 aliphatic rings. The molecule has 1 saturated heterocycles. The Morgan fingerprint density at radius 3 is 2.59 bits per heavy atom. The molecule has 2 fully saturated rings. The van der Waals surface area contributed by atoms with E-state index in [0.717, 1.165) is 18.5 Å². The summed E-state index contributed by atoms with van der Waals surface area (Å²) in [5.74, 6) is -0.604. The molecule has 144 valence electrons. The maximum Gasteiger partial charge on any atom is 0.299 e. The van der Waals surface area contributed by atoms with E-state index in [9.17, 15) is 9.59 Å². The second-order valence-electron chi connectivity index (χ2n) is 7.67. The number of oxazole rings is 1. The molecule has 2 aromatic heterocycles. The van der Waals surface area contributed by atoms with Crippen LogP contribution < -0.4 is 16.0 Å². The highest BCUT2D eigenvalue weighted by Crippen LogP contribution is 2.31. The van der Waals surface area contributed by atoms with Crippen LogP contribution in [0.1, 0.15) is 44.2 Å². The van der Waals surface area contributed by atoms with E-state index in [-0.39, 0.29) is 11.8 Å². The molecular weight excluding hydrogens is 346 g/mol. The number of aryl methyl sites for hydroxylation is 1. The van der Waals surface area contributed by atoms with Crippen molar-refractivity contribution < 1.29 is 14.0 Å². The number of piperidine rings is 1. The molecule has 0 radical (unpaired) electrons. The zero-order valence-corrected chi connectivity index (χ0v) is 15.5. The highest BCUT2D eigenvalue weighted by atomic mass is 16.4. The number of nitrogens with two attached hydrogens (primary N) is 1. The lowest BCUT2D eigenvalue weighted by molar-refractivity contribution is -0.134. The number of pyridine rings is 1. The monoisotopic (exact) mass is 371 g/mol. The highest BCUT2D eigenvalue weighted by molar-refractivity contribution is 5.91. The first-order chi connectivity index (χ1) is 13.0. The highest BCUT2D eigenvalue weighted by Gasteiger charge is 2.42. The summed E-state index contributed by atoms with van der Waals surface area (Å²) < 4.78 is 5.80. The van der Waals surface area contributed by atoms with Crippen molar-refractivity contribution in [2.75, 3.05) is 18.0 Å². The van der Waals surface area contributed by atoms with Gasteiger partial charge in [-0.3, -0.25) is 9.59 Å². The zero-order valence-electron chi connectivity index (χ0n) is 15.5. The van der Waals surface area contributed by atoms with Gasteiger partial charge >= 0.3 is 0 Å². The van der Waals surface area contributed by atoms with Crippen LogP contribution in [0.5, 0.6) is 0 Å². The van der Waals surface area contributed by atoms with Crippen LogP contribution in [-0.4, -0.2) is 40.4 Å². The van der Waals surface area contributed by atoms with Crippen molar-refractivity contribution in [2.45, 2.75) is 51.0 Å². The molecule has 8 nitrogen and oxygen atoms in total. The minimum absolute atomic E-state index is 0.0646. The molecule has 1 saturated carbocycles. The Morgan fingerprint density at radius 1 is 1.22 bits per heavy atom. The third kappa shape index (κ3) is 3.36. The standard InChI is InChI=1S/C19H25N5O3/c1-12-4-5-14-15(21-12)22-18(27-14)24-10-6-13(7-11-24)16(25)23-19(17(20)26)8-2-3-9-19/h4-5,13H,2-3,6-11H2,1H3,(H2,20,26)(H,23,25). The lowest BCUT2D eigenvalue weighted by Gasteiger charge is -2.33. The average molecular weight is 371 g/mol. The topological polar surface area (TPSA) is 114 Å². The number of carbonyl (C=O) groups excluding carboxylic acids is 2. The van der Waals surface area contributed by atoms with Crippen molar-refractivity contribution in [1.29, 1.82) is 0 Å². The van der Waals surface area contributed by atoms with Gasteiger partial charge in [-0.15, -0.1) is 0 Å². The number of primary amides is 1. The number of aromatic nitrogens is 2. The van der Waals surface area contributed by atoms with Gasteiger partial charge in [-0.25, -0.2) is 4.98 Å². The number of anilines is 1. The fraction of sp³-hybridized carbons (Fsp3) is 0.579. The summed E-state index contributed by atoms with van der Waals surface area (Å²) in [6.07, 6.45) is 4.50. The molecular formula is C19H25N5O3. The second-order valence-corrected chi connectivity index (χ2v) is 7.67. The molecule has 8 heteroatoms. The van der Waals surface area contributed by atoms with E-state index in [2.05, 4.69) is 15.3 Å². The number of carbonyl (C=O) groups is 2. The Labute approximate surface area is 157 Å². The molecule has 1 aliphatic heterocycles. The molecule has 0 bridgehead atoms. The number of hydrogen-bond acceptors (Lipinski definition) is 6. The largest absolute Gasteiger partial charge is 0.422 e. The van der Waals surface area contributed by atoms with Gasteiger partial charge in [-0.05, 0) is 44.7 Å². The number of nitrogens with one attached hydrogen (secondary N) is 1. The lowest BCUT2D eigenvalue weighted by Crippen LogP contribution is -2.57. The van der Waals surface area contributed by atoms with Crippen molar-refractivity contribution in [3.8, 4) is 0 Å². The van der Waals surface area contributed by atoms with Crippen LogP contribution in [0.4, 0.5) is 6.01 Å². The van der Waals surface area contributed by atoms with Crippen LogP contribution >= 0.6 is 0 Å². The number of hydrogen-bond donors (Lipinski definition) is 2. The summed E-state index contributed by atoms with van der Waals surface area (Å²) in [5, 5.41) is 2.96. The SMILES string of the molecule is Cc1ccc2oc(N3CCC(C(=O)NC4(C(N)=O)CCCC4)CC3)nc2n1. The predicted molar refractivity (Wildman–Crippen MR) is 100 cm³/mol. The van der Waals surface area contributed by atoms with Gasteiger partial charge in [0.05, 0.1) is 0 Å². The van der Waals surface area contributed by atoms with Gasteiger partial charge in [-0.2, -0.15) is 4.98 Å². The van der Waals surface area contributed by atoms with Gasteiger partial charge in [0.2, 0.25) is 17.5 Å². The maximum absolute atomic E-state index is 12.7. The van der Waals surface area contributed by atoms with Crippen LogP contribution in [0.3, 0.4) is 0 Å². The lowest BCUT2D eigenvalue weighted by atomic mass is 9.91. The molecule has 1 aliphatic carbocycles. The minimum atomic E-state index is -0.849. The first kappa shape index (κ1) is 17.8. The normalized spacial score (nSPS) is 20.1. The predicted octanol–water partition coefficient (Wildman–Crippen LogP) is 1.66. The van der Waals surface area contributed by atoms with Gasteiger partial charge in [-0.1, -0.05) is 12.8 Å². The number of fused-ring (bicyclic) bond motifs is 1. The quantitative estimate of drug-likeness (QED) is 0.845. The summed E-state index contributed by atoms with van der Waals surface area (Å²) >= 11 is 0. The molecule has 3 N–H and O–H groups in total. The summed E-state index contributed by atoms with van der Waals surface area (Å²) in [4.78, 5) is 35.4. The molecule has 0 unspecified atom stereocenters. The Kier molecular flexibility index (Phi) is 4.49. The summed E-state index contributed by atoms with van der Waals surface area (Å²) in [7, 11) is 0. The first-order valence-electron chi connectivity index (χ1n) is 9.58. The van der Waals surface area contributed by atoms with E-state index in [1.807, 2.05) is 24.0 Å². The van der Waals surface area contributed by atoms with Gasteiger partial charge in [0, 0.05) is 24.7 Å². The molecule has 3 heterocycles. The average Bonchev–Trinajstić information content (AvgIpc) is 3.29. The molecule has 0 aromatic carbocycles. The zero-order chi connectivity index (χ0) is 19.0. The van der Waals surface area contributed by atoms with Crippen LogP contribution in [-0.2, 0) is 9.59 Å². The Bertz CT molecular complexity index is 863. The molecule has 0 spiro atoms. The van der Waals surface area contributed by atoms with E-state index in [1.54, 1.807) is 0 Å². The number of amides is 2. The number of nitrogens with zero attached hydrogens (tertiary/aromatic N) is 3. The Balaban J connectivity index is 1.39. The van der Waals surface area contributed by atoms with Crippen molar-refractivity contribution in [1.82, 2.24) is 15.3 Å². The van der Waals surface area contributed by atoms with Crippen molar-refractivity contribution in [3.05, 3.63) is 17.8 Å². The van der Waals surface area contributed by atoms with E-state index in [0.29, 0.717) is 56.0 Å². The maximum atomic E-state index is 12.7. The van der Waals surface area contributed by atoms with Crippen LogP contribution in [0.25, 0.3) is 11.2 Å². The Hall–Kier alpha value is -2.64. The Morgan fingerprint density at radius 2 is 1.93 bits per heavy atom. The first-order valence-corrected chi connectivity index (χ1v) is 9.58. The molecule has 0 atom stereocenters. The summed E-state index contributed by atoms with van der Waals surface area (Å²) in [5.41, 5.74) is 6.89. The van der Waals surface area contributed by atoms with E-state index < -0.39 is 11.4 Å². The van der Waals surface area contributed by atoms with Crippen LogP contribution in [0.15, 0.2) is 16.5 Å². The van der Waals surface area contributed by atoms with Crippen molar-refractivity contribution >= 4 is 29.1 Å². The van der Waals surface area contributed by atoms with E-state index in [4.69, 9.17) is 10.2 Å². The van der Waals surface area contributed by atoms with Gasteiger partial charge in [0.25, 0.3) is 6.01 Å². The smallest absolute Gasteiger partial charge is 0.299 e. The summed E-state index contributed by atoms with van der Waals surface area (Å²) in [6, 6.07) is 4.32. The van der Waals surface area contributed by atoms with Crippen molar-refractivity contribution in [3.63, 3.8) is 0 Å². The van der Waals surface area contributed by atoms with E-state index in [1.165, 1.54) is 0 Å². The fourth-order valence-electron chi connectivity index (χ4n) is 4.12. The van der Waals surface area contributed by atoms with Gasteiger partial charge < -0.3 is 20.4 Å². The molecule has 27 heavy (non-hydrogen) atoms. The molecule has 2 amide bonds. The molecule has 2 aromatic rings. The molecule has 4 rings (SSSR count). The second kappa shape index (κ2) is 6.83. The fourth-order valence-corrected chi connectivity index (χ4v) is 4.12. The van der Waals surface area contributed by atoms with Gasteiger partial charge in [0.1, 0.15) is 5.54 Å². The third-order valence-corrected chi connectivity index (χ3v) is 5.81. The van der Waals surface area contributed by atoms with Gasteiger partial charge in [0.15, 0.2) is 5.58 Å². The summed E-state index contributed by atoms with van der Waals surface area (Å²) in [6.45, 7) is 3.27.